The molecule has 1 aliphatic heterocycles. The van der Waals surface area contributed by atoms with Crippen molar-refractivity contribution in [3.8, 4) is 0 Å². The molecule has 1 unspecified atom stereocenters. The topological polar surface area (TPSA) is 48.9 Å². The second kappa shape index (κ2) is 12.9. The van der Waals surface area contributed by atoms with E-state index in [4.69, 9.17) is 4.74 Å². The summed E-state index contributed by atoms with van der Waals surface area (Å²) < 4.78 is 5.34. The number of nitrogens with zero attached hydrogens (tertiary/aromatic N) is 2. The quantitative estimate of drug-likeness (QED) is 0.268. The normalized spacial score (nSPS) is 18.9. The molecule has 2 heterocycles. The van der Waals surface area contributed by atoms with E-state index >= 15 is 0 Å². The molecule has 2 N–H and O–H groups in total. The van der Waals surface area contributed by atoms with Gasteiger partial charge in [-0.25, -0.2) is 0 Å². The van der Waals surface area contributed by atoms with Crippen molar-refractivity contribution < 1.29 is 4.74 Å². The maximum atomic E-state index is 5.34. The van der Waals surface area contributed by atoms with Crippen molar-refractivity contribution in [1.82, 2.24) is 15.5 Å². The molecule has 0 bridgehead atoms. The third-order valence-electron chi connectivity index (χ3n) is 4.09. The van der Waals surface area contributed by atoms with Gasteiger partial charge in [-0.3, -0.25) is 9.89 Å². The molecule has 0 spiro atoms. The Balaban J connectivity index is 0.00000288. The molecule has 1 aromatic rings. The summed E-state index contributed by atoms with van der Waals surface area (Å²) in [6, 6.07) is 4.37. The van der Waals surface area contributed by atoms with Crippen molar-refractivity contribution >= 4 is 41.3 Å². The zero-order valence-electron chi connectivity index (χ0n) is 14.8. The highest BCUT2D eigenvalue weighted by molar-refractivity contribution is 14.0. The SMILES string of the molecule is CCOCCNC(=NC)NCC1CCCN(Cc2cccs2)C1.I. The molecule has 1 aliphatic rings. The summed E-state index contributed by atoms with van der Waals surface area (Å²) in [5, 5.41) is 8.91. The molecule has 0 aliphatic carbocycles. The predicted octanol–water partition coefficient (Wildman–Crippen LogP) is 2.78. The Morgan fingerprint density at radius 1 is 1.46 bits per heavy atom. The summed E-state index contributed by atoms with van der Waals surface area (Å²) in [5.41, 5.74) is 0. The number of likely N-dealkylation sites (tertiary alicyclic amines) is 1. The van der Waals surface area contributed by atoms with E-state index < -0.39 is 0 Å². The van der Waals surface area contributed by atoms with E-state index in [-0.39, 0.29) is 24.0 Å². The fraction of sp³-hybridized carbons (Fsp3) is 0.706. The number of hydrogen-bond donors (Lipinski definition) is 2. The lowest BCUT2D eigenvalue weighted by Crippen LogP contribution is -2.44. The number of ether oxygens (including phenoxy) is 1. The van der Waals surface area contributed by atoms with E-state index in [0.29, 0.717) is 5.92 Å². The molecule has 138 valence electrons. The Morgan fingerprint density at radius 3 is 3.04 bits per heavy atom. The van der Waals surface area contributed by atoms with Crippen LogP contribution in [-0.4, -0.2) is 57.3 Å². The van der Waals surface area contributed by atoms with E-state index in [1.165, 1.54) is 30.8 Å². The first-order chi connectivity index (χ1) is 11.3. The Labute approximate surface area is 167 Å². The van der Waals surface area contributed by atoms with Gasteiger partial charge in [0.15, 0.2) is 5.96 Å². The maximum Gasteiger partial charge on any atom is 0.191 e. The van der Waals surface area contributed by atoms with Gasteiger partial charge in [-0.2, -0.15) is 0 Å². The Morgan fingerprint density at radius 2 is 2.33 bits per heavy atom. The standard InChI is InChI=1S/C17H30N4OS.HI/c1-3-22-10-8-19-17(18-2)20-12-15-6-4-9-21(13-15)14-16-7-5-11-23-16;/h5,7,11,15H,3-4,6,8-10,12-14H2,1-2H3,(H2,18,19,20);1H. The van der Waals surface area contributed by atoms with Crippen LogP contribution < -0.4 is 10.6 Å². The number of piperidine rings is 1. The Bertz CT molecular complexity index is 455. The fourth-order valence-corrected chi connectivity index (χ4v) is 3.68. The molecule has 1 aromatic heterocycles. The van der Waals surface area contributed by atoms with Gasteiger partial charge < -0.3 is 15.4 Å². The number of guanidine groups is 1. The zero-order valence-corrected chi connectivity index (χ0v) is 17.9. The fourth-order valence-electron chi connectivity index (χ4n) is 2.93. The van der Waals surface area contributed by atoms with Gasteiger partial charge in [-0.1, -0.05) is 6.07 Å². The number of halogens is 1. The lowest BCUT2D eigenvalue weighted by Gasteiger charge is -2.32. The van der Waals surface area contributed by atoms with Gasteiger partial charge in [0.2, 0.25) is 0 Å². The lowest BCUT2D eigenvalue weighted by molar-refractivity contribution is 0.152. The van der Waals surface area contributed by atoms with Crippen molar-refractivity contribution in [2.24, 2.45) is 10.9 Å². The maximum absolute atomic E-state index is 5.34. The van der Waals surface area contributed by atoms with Crippen LogP contribution in [0.5, 0.6) is 0 Å². The molecule has 1 atom stereocenters. The largest absolute Gasteiger partial charge is 0.380 e. The summed E-state index contributed by atoms with van der Waals surface area (Å²) in [7, 11) is 1.82. The Hall–Kier alpha value is -0.380. The van der Waals surface area contributed by atoms with Gasteiger partial charge in [0.1, 0.15) is 0 Å². The van der Waals surface area contributed by atoms with E-state index in [2.05, 4.69) is 38.0 Å². The first-order valence-electron chi connectivity index (χ1n) is 8.58. The van der Waals surface area contributed by atoms with Gasteiger partial charge in [-0.05, 0) is 43.7 Å². The molecule has 1 fully saturated rings. The first-order valence-corrected chi connectivity index (χ1v) is 9.46. The average molecular weight is 466 g/mol. The molecular weight excluding hydrogens is 435 g/mol. The number of aliphatic imine (C=N–C) groups is 1. The number of rotatable bonds is 8. The summed E-state index contributed by atoms with van der Waals surface area (Å²) in [6.07, 6.45) is 2.58. The number of hydrogen-bond acceptors (Lipinski definition) is 4. The molecule has 5 nitrogen and oxygen atoms in total. The molecule has 2 rings (SSSR count). The zero-order chi connectivity index (χ0) is 16.3. The highest BCUT2D eigenvalue weighted by Gasteiger charge is 2.20. The minimum atomic E-state index is 0. The highest BCUT2D eigenvalue weighted by Crippen LogP contribution is 2.19. The summed E-state index contributed by atoms with van der Waals surface area (Å²) >= 11 is 1.85. The van der Waals surface area contributed by atoms with Crippen LogP contribution in [0.1, 0.15) is 24.6 Å². The van der Waals surface area contributed by atoms with Crippen LogP contribution in [0.2, 0.25) is 0 Å². The minimum absolute atomic E-state index is 0. The average Bonchev–Trinajstić information content (AvgIpc) is 3.07. The molecule has 0 aromatic carbocycles. The van der Waals surface area contributed by atoms with E-state index in [0.717, 1.165) is 38.8 Å². The third kappa shape index (κ3) is 8.13. The van der Waals surface area contributed by atoms with E-state index in [1.807, 2.05) is 25.3 Å². The van der Waals surface area contributed by atoms with Crippen molar-refractivity contribution in [2.45, 2.75) is 26.3 Å². The van der Waals surface area contributed by atoms with Crippen LogP contribution in [0.15, 0.2) is 22.5 Å². The van der Waals surface area contributed by atoms with Crippen LogP contribution in [0.4, 0.5) is 0 Å². The van der Waals surface area contributed by atoms with Crippen molar-refractivity contribution in [1.29, 1.82) is 0 Å². The molecule has 0 amide bonds. The lowest BCUT2D eigenvalue weighted by atomic mass is 9.98. The van der Waals surface area contributed by atoms with Crippen molar-refractivity contribution in [2.75, 3.05) is 46.4 Å². The van der Waals surface area contributed by atoms with E-state index in [9.17, 15) is 0 Å². The second-order valence-corrected chi connectivity index (χ2v) is 6.93. The third-order valence-corrected chi connectivity index (χ3v) is 4.95. The number of nitrogens with one attached hydrogen (secondary N) is 2. The molecule has 24 heavy (non-hydrogen) atoms. The van der Waals surface area contributed by atoms with Gasteiger partial charge in [0.05, 0.1) is 6.61 Å². The summed E-state index contributed by atoms with van der Waals surface area (Å²) in [4.78, 5) is 8.32. The predicted molar refractivity (Wildman–Crippen MR) is 114 cm³/mol. The first kappa shape index (κ1) is 21.7. The molecular formula is C17H31IN4OS. The molecule has 1 saturated heterocycles. The molecule has 0 radical (unpaired) electrons. The monoisotopic (exact) mass is 466 g/mol. The van der Waals surface area contributed by atoms with Gasteiger partial charge in [0.25, 0.3) is 0 Å². The number of thiophene rings is 1. The van der Waals surface area contributed by atoms with Crippen LogP contribution in [0, 0.1) is 5.92 Å². The van der Waals surface area contributed by atoms with E-state index in [1.54, 1.807) is 0 Å². The van der Waals surface area contributed by atoms with Gasteiger partial charge in [0, 0.05) is 44.7 Å². The van der Waals surface area contributed by atoms with Crippen LogP contribution in [0.25, 0.3) is 0 Å². The smallest absolute Gasteiger partial charge is 0.191 e. The summed E-state index contributed by atoms with van der Waals surface area (Å²) in [6.45, 7) is 8.74. The van der Waals surface area contributed by atoms with Crippen LogP contribution in [-0.2, 0) is 11.3 Å². The molecule has 7 heteroatoms. The second-order valence-electron chi connectivity index (χ2n) is 5.90. The van der Waals surface area contributed by atoms with Gasteiger partial charge in [-0.15, -0.1) is 35.3 Å². The van der Waals surface area contributed by atoms with Crippen molar-refractivity contribution in [3.63, 3.8) is 0 Å². The van der Waals surface area contributed by atoms with Gasteiger partial charge >= 0.3 is 0 Å². The molecule has 0 saturated carbocycles. The highest BCUT2D eigenvalue weighted by atomic mass is 127. The van der Waals surface area contributed by atoms with Crippen LogP contribution >= 0.6 is 35.3 Å². The Kier molecular flexibility index (Phi) is 11.7. The minimum Gasteiger partial charge on any atom is -0.380 e. The van der Waals surface area contributed by atoms with Crippen LogP contribution in [0.3, 0.4) is 0 Å². The van der Waals surface area contributed by atoms with Crippen molar-refractivity contribution in [3.05, 3.63) is 22.4 Å². The summed E-state index contributed by atoms with van der Waals surface area (Å²) in [5.74, 6) is 1.56.